The fourth-order valence-electron chi connectivity index (χ4n) is 6.81. The fourth-order valence-corrected chi connectivity index (χ4v) is 7.11. The standard InChI is InChI=1S/C37H52ClN9O4/c1-22(2)46-13-15-47(16-14-46)30-11-10-25(18-27(30)38)43-33-26-17-24(31(51-7)19-29(26)41-21-42-33)20-37(4,5)32(44-34(48)23(3)39-6)36(50)45-35(49)28-9-8-12-40-28/h10-11,17-19,21-23,28,32,39-40H,8-9,12-16,20H2,1-7H3,(H,44,48)(H,41,42,43)(H,45,49,50)/t23-,28-,32+/m0/s1. The highest BCUT2D eigenvalue weighted by atomic mass is 35.5. The van der Waals surface area contributed by atoms with Gasteiger partial charge in [-0.15, -0.1) is 0 Å². The van der Waals surface area contributed by atoms with Gasteiger partial charge in [-0.1, -0.05) is 25.4 Å². The van der Waals surface area contributed by atoms with Crippen molar-refractivity contribution in [2.45, 2.75) is 78.0 Å². The molecule has 2 aromatic carbocycles. The second kappa shape index (κ2) is 16.5. The van der Waals surface area contributed by atoms with Crippen molar-refractivity contribution in [2.24, 2.45) is 5.41 Å². The van der Waals surface area contributed by atoms with Gasteiger partial charge in [0, 0.05) is 49.4 Å². The van der Waals surface area contributed by atoms with Gasteiger partial charge in [0.05, 0.1) is 35.4 Å². The van der Waals surface area contributed by atoms with Crippen LogP contribution in [0.3, 0.4) is 0 Å². The van der Waals surface area contributed by atoms with E-state index in [4.69, 9.17) is 16.3 Å². The van der Waals surface area contributed by atoms with Crippen LogP contribution < -0.4 is 36.2 Å². The Balaban J connectivity index is 1.40. The topological polar surface area (TPSA) is 153 Å². The zero-order valence-corrected chi connectivity index (χ0v) is 31.5. The van der Waals surface area contributed by atoms with Crippen LogP contribution in [-0.2, 0) is 20.8 Å². The number of likely N-dealkylation sites (N-methyl/N-ethyl adjacent to an activating group) is 1. The molecule has 0 unspecified atom stereocenters. The van der Waals surface area contributed by atoms with E-state index in [1.54, 1.807) is 21.1 Å². The first kappa shape index (κ1) is 38.2. The molecule has 5 N–H and O–H groups in total. The maximum Gasteiger partial charge on any atom is 0.249 e. The molecule has 13 nitrogen and oxygen atoms in total. The first-order chi connectivity index (χ1) is 24.3. The Morgan fingerprint density at radius 2 is 1.80 bits per heavy atom. The third-order valence-electron chi connectivity index (χ3n) is 10.1. The summed E-state index contributed by atoms with van der Waals surface area (Å²) in [6.07, 6.45) is 3.31. The molecule has 2 aliphatic heterocycles. The van der Waals surface area contributed by atoms with Crippen molar-refractivity contribution in [3.05, 3.63) is 47.2 Å². The van der Waals surface area contributed by atoms with Gasteiger partial charge >= 0.3 is 0 Å². The molecule has 0 saturated carbocycles. The first-order valence-electron chi connectivity index (χ1n) is 17.7. The number of methoxy groups -OCH3 is 1. The van der Waals surface area contributed by atoms with E-state index in [-0.39, 0.29) is 5.91 Å². The molecule has 2 aliphatic rings. The average Bonchev–Trinajstić information content (AvgIpc) is 3.65. The number of ether oxygens (including phenoxy) is 1. The number of hydrogen-bond acceptors (Lipinski definition) is 11. The lowest BCUT2D eigenvalue weighted by molar-refractivity contribution is -0.137. The van der Waals surface area contributed by atoms with E-state index in [1.807, 2.05) is 44.2 Å². The van der Waals surface area contributed by atoms with Gasteiger partial charge in [-0.2, -0.15) is 0 Å². The van der Waals surface area contributed by atoms with Gasteiger partial charge in [-0.05, 0) is 88.9 Å². The Labute approximate surface area is 305 Å². The number of benzene rings is 2. The quantitative estimate of drug-likeness (QED) is 0.176. The van der Waals surface area contributed by atoms with Crippen LogP contribution in [0.15, 0.2) is 36.7 Å². The molecule has 0 bridgehead atoms. The van der Waals surface area contributed by atoms with Crippen molar-refractivity contribution in [2.75, 3.05) is 57.1 Å². The number of piperazine rings is 1. The molecular formula is C37H52ClN9O4. The summed E-state index contributed by atoms with van der Waals surface area (Å²) in [4.78, 5) is 53.6. The largest absolute Gasteiger partial charge is 0.496 e. The number of carbonyl (C=O) groups is 3. The van der Waals surface area contributed by atoms with Gasteiger partial charge in [-0.3, -0.25) is 24.6 Å². The van der Waals surface area contributed by atoms with E-state index in [2.05, 4.69) is 60.2 Å². The zero-order valence-electron chi connectivity index (χ0n) is 30.7. The Morgan fingerprint density at radius 1 is 1.06 bits per heavy atom. The maximum absolute atomic E-state index is 13.7. The molecule has 14 heteroatoms. The SMILES string of the molecule is CN[C@@H](C)C(=O)N[C@H](C(=O)NC(=O)[C@@H]1CCCN1)C(C)(C)Cc1cc2c(Nc3ccc(N4CCN(C(C)C)CC4)c(Cl)c3)ncnc2cc1OC. The predicted molar refractivity (Wildman–Crippen MR) is 202 cm³/mol. The van der Waals surface area contributed by atoms with Gasteiger partial charge in [0.25, 0.3) is 0 Å². The molecule has 0 spiro atoms. The lowest BCUT2D eigenvalue weighted by atomic mass is 9.77. The van der Waals surface area contributed by atoms with Crippen molar-refractivity contribution in [3.8, 4) is 5.75 Å². The monoisotopic (exact) mass is 721 g/mol. The summed E-state index contributed by atoms with van der Waals surface area (Å²) in [5.41, 5.74) is 2.35. The van der Waals surface area contributed by atoms with E-state index in [9.17, 15) is 14.4 Å². The number of carbonyl (C=O) groups excluding carboxylic acids is 3. The minimum Gasteiger partial charge on any atom is -0.496 e. The van der Waals surface area contributed by atoms with Crippen LogP contribution in [-0.4, -0.2) is 104 Å². The lowest BCUT2D eigenvalue weighted by Gasteiger charge is -2.38. The number of nitrogens with one attached hydrogen (secondary N) is 5. The normalized spacial score (nSPS) is 18.1. The number of rotatable bonds is 13. The number of halogens is 1. The summed E-state index contributed by atoms with van der Waals surface area (Å²) < 4.78 is 5.81. The van der Waals surface area contributed by atoms with Crippen LogP contribution in [0, 0.1) is 5.41 Å². The summed E-state index contributed by atoms with van der Waals surface area (Å²) in [5, 5.41) is 16.3. The van der Waals surface area contributed by atoms with Crippen LogP contribution in [0.2, 0.25) is 5.02 Å². The Bertz CT molecular complexity index is 1720. The van der Waals surface area contributed by atoms with E-state index in [0.717, 1.165) is 54.9 Å². The Hall–Kier alpha value is -4.04. The summed E-state index contributed by atoms with van der Waals surface area (Å²) in [6.45, 7) is 14.5. The van der Waals surface area contributed by atoms with Crippen molar-refractivity contribution in [1.29, 1.82) is 0 Å². The smallest absolute Gasteiger partial charge is 0.249 e. The second-order valence-corrected chi connectivity index (χ2v) is 14.8. The van der Waals surface area contributed by atoms with E-state index in [1.165, 1.54) is 6.33 Å². The Morgan fingerprint density at radius 3 is 2.43 bits per heavy atom. The molecule has 3 amide bonds. The van der Waals surface area contributed by atoms with Gasteiger partial charge in [0.15, 0.2) is 0 Å². The first-order valence-corrected chi connectivity index (χ1v) is 18.1. The summed E-state index contributed by atoms with van der Waals surface area (Å²) >= 11 is 6.84. The molecule has 276 valence electrons. The third-order valence-corrected chi connectivity index (χ3v) is 10.4. The highest BCUT2D eigenvalue weighted by Crippen LogP contribution is 2.37. The van der Waals surface area contributed by atoms with Crippen molar-refractivity contribution < 1.29 is 19.1 Å². The fraction of sp³-hybridized carbons (Fsp3) is 0.541. The van der Waals surface area contributed by atoms with E-state index < -0.39 is 35.4 Å². The third kappa shape index (κ3) is 9.07. The van der Waals surface area contributed by atoms with Crippen LogP contribution in [0.25, 0.3) is 10.9 Å². The molecule has 3 heterocycles. The van der Waals surface area contributed by atoms with Gasteiger partial charge in [-0.25, -0.2) is 9.97 Å². The molecule has 51 heavy (non-hydrogen) atoms. The number of anilines is 3. The molecule has 5 rings (SSSR count). The van der Waals surface area contributed by atoms with E-state index >= 15 is 0 Å². The second-order valence-electron chi connectivity index (χ2n) is 14.4. The van der Waals surface area contributed by atoms with Gasteiger partial charge < -0.3 is 30.9 Å². The number of nitrogens with zero attached hydrogens (tertiary/aromatic N) is 4. The Kier molecular flexibility index (Phi) is 12.4. The molecule has 2 fully saturated rings. The summed E-state index contributed by atoms with van der Waals surface area (Å²) in [6, 6.07) is 8.22. The number of fused-ring (bicyclic) bond motifs is 1. The van der Waals surface area contributed by atoms with Crippen molar-refractivity contribution >= 4 is 57.4 Å². The molecular weight excluding hydrogens is 670 g/mol. The van der Waals surface area contributed by atoms with Gasteiger partial charge in [0.1, 0.15) is 23.9 Å². The molecule has 0 aliphatic carbocycles. The van der Waals surface area contributed by atoms with E-state index in [0.29, 0.717) is 47.5 Å². The number of imide groups is 1. The number of aromatic nitrogens is 2. The molecule has 2 saturated heterocycles. The van der Waals surface area contributed by atoms with Crippen molar-refractivity contribution in [1.82, 2.24) is 36.1 Å². The van der Waals surface area contributed by atoms with Gasteiger partial charge in [0.2, 0.25) is 17.7 Å². The minimum atomic E-state index is -1.04. The molecule has 1 aromatic heterocycles. The van der Waals surface area contributed by atoms with Crippen LogP contribution in [0.5, 0.6) is 5.75 Å². The summed E-state index contributed by atoms with van der Waals surface area (Å²) in [5.74, 6) is -0.165. The molecule has 3 aromatic rings. The molecule has 3 atom stereocenters. The lowest BCUT2D eigenvalue weighted by Crippen LogP contribution is -2.59. The minimum absolute atomic E-state index is 0.313. The van der Waals surface area contributed by atoms with Crippen LogP contribution in [0.4, 0.5) is 17.2 Å². The van der Waals surface area contributed by atoms with Crippen molar-refractivity contribution in [3.63, 3.8) is 0 Å². The summed E-state index contributed by atoms with van der Waals surface area (Å²) in [7, 11) is 3.25. The van der Waals surface area contributed by atoms with Crippen LogP contribution in [0.1, 0.15) is 53.0 Å². The number of amides is 3. The maximum atomic E-state index is 13.7. The predicted octanol–water partition coefficient (Wildman–Crippen LogP) is 3.62. The average molecular weight is 722 g/mol. The molecule has 0 radical (unpaired) electrons. The zero-order chi connectivity index (χ0) is 36.9. The number of hydrogen-bond donors (Lipinski definition) is 5. The highest BCUT2D eigenvalue weighted by Gasteiger charge is 2.39. The highest BCUT2D eigenvalue weighted by molar-refractivity contribution is 6.33. The van der Waals surface area contributed by atoms with Crippen LogP contribution >= 0.6 is 11.6 Å².